The lowest BCUT2D eigenvalue weighted by molar-refractivity contribution is -0.137. The minimum absolute atomic E-state index is 0.0980. The Morgan fingerprint density at radius 3 is 2.42 bits per heavy atom. The van der Waals surface area contributed by atoms with E-state index in [0.29, 0.717) is 29.2 Å². The second-order valence-electron chi connectivity index (χ2n) is 6.82. The molecule has 2 aromatic carbocycles. The fourth-order valence-corrected chi connectivity index (χ4v) is 3.55. The molecule has 0 saturated carbocycles. The maximum atomic E-state index is 13.0. The molecule has 0 fully saturated rings. The zero-order chi connectivity index (χ0) is 22.2. The summed E-state index contributed by atoms with van der Waals surface area (Å²) in [5.74, 6) is -0.0108. The zero-order valence-corrected chi connectivity index (χ0v) is 16.3. The fraction of sp³-hybridized carbons (Fsp3) is 0.182. The number of fused-ring (bicyclic) bond motifs is 1. The number of nitriles is 1. The number of hydrogen-bond donors (Lipinski definition) is 2. The number of nitrogens with zero attached hydrogens (tertiary/aromatic N) is 2. The monoisotopic (exact) mass is 426 g/mol. The summed E-state index contributed by atoms with van der Waals surface area (Å²) in [6.07, 6.45) is -4.46. The van der Waals surface area contributed by atoms with Crippen LogP contribution in [0.25, 0.3) is 11.3 Å². The van der Waals surface area contributed by atoms with Crippen molar-refractivity contribution in [3.05, 3.63) is 76.7 Å². The van der Waals surface area contributed by atoms with E-state index in [2.05, 4.69) is 10.2 Å². The number of H-pyrrole nitrogens is 1. The lowest BCUT2D eigenvalue weighted by atomic mass is 9.83. The molecule has 3 aromatic rings. The van der Waals surface area contributed by atoms with Gasteiger partial charge in [0.2, 0.25) is 11.8 Å². The summed E-state index contributed by atoms with van der Waals surface area (Å²) in [6.45, 7) is 2.41. The third kappa shape index (κ3) is 3.68. The summed E-state index contributed by atoms with van der Waals surface area (Å²) >= 11 is 0. The van der Waals surface area contributed by atoms with Gasteiger partial charge in [-0.05, 0) is 48.9 Å². The Balaban J connectivity index is 1.83. The van der Waals surface area contributed by atoms with Gasteiger partial charge in [-0.25, -0.2) is 0 Å². The van der Waals surface area contributed by atoms with Gasteiger partial charge in [0, 0.05) is 5.56 Å². The van der Waals surface area contributed by atoms with Crippen molar-refractivity contribution in [1.29, 1.82) is 5.26 Å². The molecule has 6 nitrogen and oxygen atoms in total. The molecule has 0 radical (unpaired) electrons. The Morgan fingerprint density at radius 1 is 1.16 bits per heavy atom. The number of aromatic nitrogens is 2. The molecule has 158 valence electrons. The van der Waals surface area contributed by atoms with Gasteiger partial charge >= 0.3 is 6.18 Å². The van der Waals surface area contributed by atoms with Crippen molar-refractivity contribution in [1.82, 2.24) is 10.2 Å². The molecular formula is C22H17F3N4O2. The molecule has 1 aliphatic rings. The van der Waals surface area contributed by atoms with Crippen molar-refractivity contribution < 1.29 is 22.6 Å². The first kappa shape index (κ1) is 20.3. The van der Waals surface area contributed by atoms with Crippen LogP contribution in [-0.2, 0) is 6.18 Å². The largest absolute Gasteiger partial charge is 0.494 e. The molecular weight excluding hydrogens is 409 g/mol. The van der Waals surface area contributed by atoms with Gasteiger partial charge in [0.15, 0.2) is 0 Å². The Morgan fingerprint density at radius 2 is 1.84 bits per heavy atom. The summed E-state index contributed by atoms with van der Waals surface area (Å²) in [6, 6.07) is 13.9. The van der Waals surface area contributed by atoms with Crippen LogP contribution in [0.2, 0.25) is 0 Å². The first-order chi connectivity index (χ1) is 14.8. The number of ether oxygens (including phenoxy) is 2. The van der Waals surface area contributed by atoms with E-state index in [4.69, 9.17) is 15.2 Å². The van der Waals surface area contributed by atoms with Gasteiger partial charge in [0.05, 0.1) is 29.3 Å². The van der Waals surface area contributed by atoms with Crippen molar-refractivity contribution >= 4 is 0 Å². The highest BCUT2D eigenvalue weighted by Gasteiger charge is 2.36. The number of alkyl halides is 3. The molecule has 0 saturated heterocycles. The number of rotatable bonds is 4. The smallest absolute Gasteiger partial charge is 0.416 e. The zero-order valence-electron chi connectivity index (χ0n) is 16.3. The topological polar surface area (TPSA) is 97.0 Å². The van der Waals surface area contributed by atoms with Crippen molar-refractivity contribution in [3.63, 3.8) is 0 Å². The highest BCUT2D eigenvalue weighted by molar-refractivity contribution is 5.71. The molecule has 0 bridgehead atoms. The molecule has 9 heteroatoms. The average Bonchev–Trinajstić information content (AvgIpc) is 3.16. The minimum atomic E-state index is -4.46. The highest BCUT2D eigenvalue weighted by Crippen LogP contribution is 2.46. The number of allylic oxidation sites excluding steroid dienone is 1. The molecule has 1 aliphatic heterocycles. The van der Waals surface area contributed by atoms with E-state index in [1.807, 2.05) is 25.1 Å². The van der Waals surface area contributed by atoms with E-state index < -0.39 is 17.7 Å². The summed E-state index contributed by atoms with van der Waals surface area (Å²) in [7, 11) is 0. The molecule has 0 unspecified atom stereocenters. The van der Waals surface area contributed by atoms with Crippen LogP contribution in [0.5, 0.6) is 11.6 Å². The maximum Gasteiger partial charge on any atom is 0.416 e. The van der Waals surface area contributed by atoms with Crippen molar-refractivity contribution in [2.45, 2.75) is 19.0 Å². The molecule has 0 aliphatic carbocycles. The quantitative estimate of drug-likeness (QED) is 0.630. The van der Waals surface area contributed by atoms with Crippen LogP contribution in [0, 0.1) is 11.3 Å². The van der Waals surface area contributed by atoms with E-state index in [9.17, 15) is 18.4 Å². The van der Waals surface area contributed by atoms with Crippen LogP contribution >= 0.6 is 0 Å². The summed E-state index contributed by atoms with van der Waals surface area (Å²) in [4.78, 5) is 0. The average molecular weight is 426 g/mol. The molecule has 3 N–H and O–H groups in total. The van der Waals surface area contributed by atoms with E-state index in [-0.39, 0.29) is 17.3 Å². The summed E-state index contributed by atoms with van der Waals surface area (Å²) in [5.41, 5.74) is 7.54. The minimum Gasteiger partial charge on any atom is -0.494 e. The van der Waals surface area contributed by atoms with Crippen LogP contribution in [-0.4, -0.2) is 16.8 Å². The molecule has 1 aromatic heterocycles. The first-order valence-corrected chi connectivity index (χ1v) is 9.39. The van der Waals surface area contributed by atoms with Crippen molar-refractivity contribution in [3.8, 4) is 29.0 Å². The van der Waals surface area contributed by atoms with Gasteiger partial charge in [0.25, 0.3) is 0 Å². The number of benzene rings is 2. The van der Waals surface area contributed by atoms with Gasteiger partial charge in [-0.2, -0.15) is 18.4 Å². The number of nitrogens with two attached hydrogens (primary N) is 1. The van der Waals surface area contributed by atoms with E-state index in [0.717, 1.165) is 17.7 Å². The number of aromatic amines is 1. The number of hydrogen-bond acceptors (Lipinski definition) is 5. The molecule has 0 spiro atoms. The Labute approximate surface area is 175 Å². The summed E-state index contributed by atoms with van der Waals surface area (Å²) in [5, 5.41) is 16.8. The fourth-order valence-electron chi connectivity index (χ4n) is 3.55. The predicted octanol–water partition coefficient (Wildman–Crippen LogP) is 4.71. The SMILES string of the molecule is CCOc1ccc(-c2[nH]nc3c2[C@H](c2ccc(C(F)(F)F)cc2)C(C#N)=C(N)O3)cc1. The van der Waals surface area contributed by atoms with Crippen LogP contribution < -0.4 is 15.2 Å². The van der Waals surface area contributed by atoms with Crippen LogP contribution in [0.4, 0.5) is 13.2 Å². The van der Waals surface area contributed by atoms with E-state index in [1.165, 1.54) is 12.1 Å². The lowest BCUT2D eigenvalue weighted by Gasteiger charge is -2.24. The van der Waals surface area contributed by atoms with Gasteiger partial charge in [-0.1, -0.05) is 12.1 Å². The van der Waals surface area contributed by atoms with Gasteiger partial charge in [0.1, 0.15) is 17.4 Å². The molecule has 1 atom stereocenters. The maximum absolute atomic E-state index is 13.0. The number of nitrogens with one attached hydrogen (secondary N) is 1. The predicted molar refractivity (Wildman–Crippen MR) is 106 cm³/mol. The molecule has 31 heavy (non-hydrogen) atoms. The van der Waals surface area contributed by atoms with Gasteiger partial charge < -0.3 is 15.2 Å². The normalized spacial score (nSPS) is 15.8. The van der Waals surface area contributed by atoms with Gasteiger partial charge in [-0.3, -0.25) is 5.10 Å². The standard InChI is InChI=1S/C22H17F3N4O2/c1-2-30-15-9-5-13(6-10-15)19-18-17(12-3-7-14(8-4-12)22(23,24)25)16(11-26)20(27)31-21(18)29-28-19/h3-10,17H,2,27H2,1H3,(H,28,29)/t17-/m1/s1. The second-order valence-corrected chi connectivity index (χ2v) is 6.82. The van der Waals surface area contributed by atoms with E-state index in [1.54, 1.807) is 12.1 Å². The highest BCUT2D eigenvalue weighted by atomic mass is 19.4. The van der Waals surface area contributed by atoms with E-state index >= 15 is 0 Å². The molecule has 2 heterocycles. The molecule has 0 amide bonds. The third-order valence-corrected chi connectivity index (χ3v) is 4.96. The van der Waals surface area contributed by atoms with Crippen LogP contribution in [0.1, 0.15) is 29.5 Å². The van der Waals surface area contributed by atoms with Crippen molar-refractivity contribution in [2.24, 2.45) is 5.73 Å². The van der Waals surface area contributed by atoms with Crippen LogP contribution in [0.15, 0.2) is 60.0 Å². The Hall–Kier alpha value is -3.93. The summed E-state index contributed by atoms with van der Waals surface area (Å²) < 4.78 is 50.0. The second kappa shape index (κ2) is 7.72. The molecule has 4 rings (SSSR count). The van der Waals surface area contributed by atoms with Crippen LogP contribution in [0.3, 0.4) is 0 Å². The third-order valence-electron chi connectivity index (χ3n) is 4.96. The first-order valence-electron chi connectivity index (χ1n) is 9.39. The Bertz CT molecular complexity index is 1170. The lowest BCUT2D eigenvalue weighted by Crippen LogP contribution is -2.21. The number of halogens is 3. The van der Waals surface area contributed by atoms with Crippen molar-refractivity contribution in [2.75, 3.05) is 6.61 Å². The van der Waals surface area contributed by atoms with Gasteiger partial charge in [-0.15, -0.1) is 5.10 Å². The Kier molecular flexibility index (Phi) is 5.07.